The first kappa shape index (κ1) is 10.0. The maximum Gasteiger partial charge on any atom is 0.00928 e. The topological polar surface area (TPSA) is 3.24 Å². The van der Waals surface area contributed by atoms with Gasteiger partial charge in [-0.25, -0.2) is 0 Å². The van der Waals surface area contributed by atoms with E-state index in [-0.39, 0.29) is 0 Å². The lowest BCUT2D eigenvalue weighted by atomic mass is 9.98. The lowest BCUT2D eigenvalue weighted by Gasteiger charge is -2.16. The molecule has 0 aromatic carbocycles. The minimum Gasteiger partial charge on any atom is -0.303 e. The van der Waals surface area contributed by atoms with E-state index >= 15 is 0 Å². The molecule has 1 heterocycles. The summed E-state index contributed by atoms with van der Waals surface area (Å²) in [5.41, 5.74) is 0. The summed E-state index contributed by atoms with van der Waals surface area (Å²) in [7, 11) is 2.28. The highest BCUT2D eigenvalue weighted by Crippen LogP contribution is 2.27. The Bertz CT molecular complexity index is 122. The molecule has 0 N–H and O–H groups in total. The third kappa shape index (κ3) is 2.48. The van der Waals surface area contributed by atoms with Crippen molar-refractivity contribution < 1.29 is 0 Å². The zero-order valence-electron chi connectivity index (χ0n) is 8.84. The Hall–Kier alpha value is -0.0400. The van der Waals surface area contributed by atoms with Gasteiger partial charge in [-0.2, -0.15) is 0 Å². The van der Waals surface area contributed by atoms with Crippen LogP contribution in [0, 0.1) is 5.92 Å². The molecule has 1 saturated heterocycles. The Kier molecular flexibility index (Phi) is 4.07. The van der Waals surface area contributed by atoms with E-state index in [4.69, 9.17) is 0 Å². The molecule has 1 heteroatoms. The second-order valence-electron chi connectivity index (χ2n) is 4.25. The molecule has 0 saturated carbocycles. The maximum atomic E-state index is 2.54. The van der Waals surface area contributed by atoms with Gasteiger partial charge in [0.1, 0.15) is 0 Å². The van der Waals surface area contributed by atoms with E-state index < -0.39 is 0 Å². The van der Waals surface area contributed by atoms with E-state index in [0.29, 0.717) is 0 Å². The Morgan fingerprint density at radius 1 is 1.33 bits per heavy atom. The van der Waals surface area contributed by atoms with Gasteiger partial charge in [0.05, 0.1) is 0 Å². The third-order valence-corrected chi connectivity index (χ3v) is 3.21. The third-order valence-electron chi connectivity index (χ3n) is 3.21. The van der Waals surface area contributed by atoms with Crippen LogP contribution >= 0.6 is 0 Å². The van der Waals surface area contributed by atoms with E-state index in [1.165, 1.54) is 38.6 Å². The molecule has 0 unspecified atom stereocenters. The van der Waals surface area contributed by atoms with Crippen molar-refractivity contribution in [1.82, 2.24) is 4.90 Å². The van der Waals surface area contributed by atoms with Crippen LogP contribution in [-0.2, 0) is 0 Å². The van der Waals surface area contributed by atoms with E-state index in [9.17, 15) is 0 Å². The fourth-order valence-electron chi connectivity index (χ4n) is 2.38. The van der Waals surface area contributed by atoms with Gasteiger partial charge in [-0.05, 0) is 32.2 Å². The van der Waals surface area contributed by atoms with E-state index in [2.05, 4.69) is 25.8 Å². The summed E-state index contributed by atoms with van der Waals surface area (Å²) in [5, 5.41) is 0. The molecule has 0 aromatic heterocycles. The van der Waals surface area contributed by atoms with Crippen molar-refractivity contribution in [3.05, 3.63) is 0 Å². The van der Waals surface area contributed by atoms with Crippen molar-refractivity contribution in [2.75, 3.05) is 13.6 Å². The molecule has 1 aliphatic rings. The number of rotatable bonds is 4. The average Bonchev–Trinajstić information content (AvgIpc) is 2.43. The molecule has 0 aromatic rings. The van der Waals surface area contributed by atoms with Crippen LogP contribution in [-0.4, -0.2) is 24.5 Å². The van der Waals surface area contributed by atoms with Gasteiger partial charge in [-0.15, -0.1) is 0 Å². The smallest absolute Gasteiger partial charge is 0.00928 e. The Morgan fingerprint density at radius 3 is 2.58 bits per heavy atom. The van der Waals surface area contributed by atoms with Crippen molar-refractivity contribution in [2.24, 2.45) is 5.92 Å². The van der Waals surface area contributed by atoms with E-state index in [0.717, 1.165) is 12.0 Å². The Labute approximate surface area is 77.1 Å². The highest BCUT2D eigenvalue weighted by atomic mass is 15.1. The molecule has 1 rings (SSSR count). The summed E-state index contributed by atoms with van der Waals surface area (Å²) >= 11 is 0. The summed E-state index contributed by atoms with van der Waals surface area (Å²) in [6, 6.07) is 0.881. The van der Waals surface area contributed by atoms with Crippen LogP contribution in [0.1, 0.15) is 46.0 Å². The summed E-state index contributed by atoms with van der Waals surface area (Å²) < 4.78 is 0. The molecule has 1 fully saturated rings. The highest BCUT2D eigenvalue weighted by Gasteiger charge is 2.26. The van der Waals surface area contributed by atoms with E-state index in [1.54, 1.807) is 0 Å². The second-order valence-corrected chi connectivity index (χ2v) is 4.25. The van der Waals surface area contributed by atoms with Gasteiger partial charge in [0, 0.05) is 12.6 Å². The molecular weight excluding hydrogens is 146 g/mol. The largest absolute Gasteiger partial charge is 0.303 e. The van der Waals surface area contributed by atoms with Crippen LogP contribution in [0.2, 0.25) is 0 Å². The lowest BCUT2D eigenvalue weighted by molar-refractivity contribution is 0.300. The molecule has 2 atom stereocenters. The molecule has 0 bridgehead atoms. The van der Waals surface area contributed by atoms with Gasteiger partial charge in [-0.3, -0.25) is 0 Å². The van der Waals surface area contributed by atoms with Gasteiger partial charge in [-0.1, -0.05) is 26.7 Å². The lowest BCUT2D eigenvalue weighted by Crippen LogP contribution is -2.23. The zero-order valence-corrected chi connectivity index (χ0v) is 8.84. The first-order valence-electron chi connectivity index (χ1n) is 5.48. The maximum absolute atomic E-state index is 2.54. The monoisotopic (exact) mass is 169 g/mol. The molecule has 1 aliphatic heterocycles. The minimum absolute atomic E-state index is 0.881. The zero-order chi connectivity index (χ0) is 8.97. The predicted molar refractivity (Wildman–Crippen MR) is 54.3 cm³/mol. The number of likely N-dealkylation sites (tertiary alicyclic amines) is 1. The van der Waals surface area contributed by atoms with Crippen molar-refractivity contribution >= 4 is 0 Å². The van der Waals surface area contributed by atoms with Crippen molar-refractivity contribution in [1.29, 1.82) is 0 Å². The van der Waals surface area contributed by atoms with Crippen molar-refractivity contribution in [2.45, 2.75) is 52.0 Å². The number of nitrogens with zero attached hydrogens (tertiary/aromatic N) is 1. The van der Waals surface area contributed by atoms with E-state index in [1.807, 2.05) is 0 Å². The molecule has 1 nitrogen and oxygen atoms in total. The fourth-order valence-corrected chi connectivity index (χ4v) is 2.38. The predicted octanol–water partition coefficient (Wildman–Crippen LogP) is 2.91. The molecule has 0 amide bonds. The second kappa shape index (κ2) is 4.86. The molecule has 12 heavy (non-hydrogen) atoms. The molecule has 0 spiro atoms. The average molecular weight is 169 g/mol. The van der Waals surface area contributed by atoms with Crippen LogP contribution in [0.25, 0.3) is 0 Å². The number of hydrogen-bond donors (Lipinski definition) is 0. The first-order valence-corrected chi connectivity index (χ1v) is 5.48. The molecule has 72 valence electrons. The van der Waals surface area contributed by atoms with Crippen molar-refractivity contribution in [3.8, 4) is 0 Å². The Morgan fingerprint density at radius 2 is 2.08 bits per heavy atom. The van der Waals surface area contributed by atoms with Crippen LogP contribution in [0.15, 0.2) is 0 Å². The van der Waals surface area contributed by atoms with Crippen LogP contribution in [0.3, 0.4) is 0 Å². The normalized spacial score (nSPS) is 31.2. The van der Waals surface area contributed by atoms with Crippen LogP contribution in [0.4, 0.5) is 0 Å². The molecule has 0 radical (unpaired) electrons. The molecule has 0 aliphatic carbocycles. The van der Waals surface area contributed by atoms with Crippen molar-refractivity contribution in [3.63, 3.8) is 0 Å². The fraction of sp³-hybridized carbons (Fsp3) is 1.00. The number of hydrogen-bond acceptors (Lipinski definition) is 1. The Balaban J connectivity index is 2.23. The van der Waals surface area contributed by atoms with Crippen LogP contribution < -0.4 is 0 Å². The SMILES string of the molecule is CCCC[C@@H]1C[C@@H](CC)N(C)C1. The van der Waals surface area contributed by atoms with Gasteiger partial charge in [0.15, 0.2) is 0 Å². The first-order chi connectivity index (χ1) is 5.77. The minimum atomic E-state index is 0.881. The van der Waals surface area contributed by atoms with Gasteiger partial charge < -0.3 is 4.90 Å². The highest BCUT2D eigenvalue weighted by molar-refractivity contribution is 4.81. The standard InChI is InChI=1S/C11H23N/c1-4-6-7-10-8-11(5-2)12(3)9-10/h10-11H,4-9H2,1-3H3/t10-,11-/m1/s1. The summed E-state index contributed by atoms with van der Waals surface area (Å²) in [6.45, 7) is 5.94. The summed E-state index contributed by atoms with van der Waals surface area (Å²) in [5.74, 6) is 1.000. The van der Waals surface area contributed by atoms with Gasteiger partial charge in [0.2, 0.25) is 0 Å². The van der Waals surface area contributed by atoms with Crippen LogP contribution in [0.5, 0.6) is 0 Å². The van der Waals surface area contributed by atoms with Gasteiger partial charge in [0.25, 0.3) is 0 Å². The number of unbranched alkanes of at least 4 members (excludes halogenated alkanes) is 1. The van der Waals surface area contributed by atoms with Gasteiger partial charge >= 0.3 is 0 Å². The molecular formula is C11H23N. The summed E-state index contributed by atoms with van der Waals surface area (Å²) in [4.78, 5) is 2.54. The quantitative estimate of drug-likeness (QED) is 0.625. The summed E-state index contributed by atoms with van der Waals surface area (Å²) in [6.07, 6.45) is 7.02.